The van der Waals surface area contributed by atoms with E-state index in [1.807, 2.05) is 19.9 Å². The standard InChI is InChI=1S/C14H10Cl2N4O2.C2H6/c15-10-2-1-8-9(7-4-18-19-5-7)3-11(17-6-12(21)22)20-14(8)13(10)16;1-2/h1-5H,6H2,(H,17,20)(H,18,19)(H,21,22);1-2H3. The maximum Gasteiger partial charge on any atom is 0.322 e. The molecule has 0 aliphatic rings. The number of hydrogen-bond acceptors (Lipinski definition) is 4. The fraction of sp³-hybridized carbons (Fsp3) is 0.188. The van der Waals surface area contributed by atoms with Gasteiger partial charge in [0.05, 0.1) is 21.8 Å². The monoisotopic (exact) mass is 366 g/mol. The van der Waals surface area contributed by atoms with Crippen molar-refractivity contribution >= 4 is 45.9 Å². The van der Waals surface area contributed by atoms with E-state index in [0.29, 0.717) is 21.4 Å². The molecule has 0 atom stereocenters. The summed E-state index contributed by atoms with van der Waals surface area (Å²) in [7, 11) is 0. The summed E-state index contributed by atoms with van der Waals surface area (Å²) in [6, 6.07) is 5.27. The molecule has 0 amide bonds. The molecule has 3 aromatic rings. The molecule has 0 bridgehead atoms. The summed E-state index contributed by atoms with van der Waals surface area (Å²) in [5, 5.41) is 19.7. The predicted octanol–water partition coefficient (Wildman–Crippen LogP) is 4.45. The molecule has 0 unspecified atom stereocenters. The maximum absolute atomic E-state index is 10.7. The molecule has 0 saturated heterocycles. The van der Waals surface area contributed by atoms with Crippen molar-refractivity contribution in [2.45, 2.75) is 13.8 Å². The van der Waals surface area contributed by atoms with Gasteiger partial charge in [0.25, 0.3) is 0 Å². The molecule has 0 spiro atoms. The Morgan fingerprint density at radius 2 is 2.08 bits per heavy atom. The molecule has 126 valence electrons. The number of nitrogens with one attached hydrogen (secondary N) is 2. The fourth-order valence-corrected chi connectivity index (χ4v) is 2.49. The molecular formula is C16H16Cl2N4O2. The third kappa shape index (κ3) is 3.77. The van der Waals surface area contributed by atoms with E-state index in [2.05, 4.69) is 20.5 Å². The van der Waals surface area contributed by atoms with Gasteiger partial charge < -0.3 is 10.4 Å². The zero-order chi connectivity index (χ0) is 17.7. The first-order valence-electron chi connectivity index (χ1n) is 7.30. The van der Waals surface area contributed by atoms with Gasteiger partial charge in [0.1, 0.15) is 12.4 Å². The van der Waals surface area contributed by atoms with Gasteiger partial charge >= 0.3 is 5.97 Å². The van der Waals surface area contributed by atoms with Crippen LogP contribution < -0.4 is 5.32 Å². The molecule has 0 aliphatic carbocycles. The van der Waals surface area contributed by atoms with Gasteiger partial charge in [-0.15, -0.1) is 0 Å². The van der Waals surface area contributed by atoms with Crippen LogP contribution in [-0.2, 0) is 4.79 Å². The van der Waals surface area contributed by atoms with Gasteiger partial charge in [0, 0.05) is 17.1 Å². The molecule has 3 N–H and O–H groups in total. The highest BCUT2D eigenvalue weighted by Gasteiger charge is 2.13. The van der Waals surface area contributed by atoms with E-state index in [1.165, 1.54) is 0 Å². The predicted molar refractivity (Wildman–Crippen MR) is 96.8 cm³/mol. The van der Waals surface area contributed by atoms with E-state index >= 15 is 0 Å². The molecule has 8 heteroatoms. The molecule has 0 aliphatic heterocycles. The van der Waals surface area contributed by atoms with Crippen molar-refractivity contribution in [3.63, 3.8) is 0 Å². The van der Waals surface area contributed by atoms with E-state index in [-0.39, 0.29) is 6.54 Å². The lowest BCUT2D eigenvalue weighted by Gasteiger charge is -2.11. The second-order valence-corrected chi connectivity index (χ2v) is 5.33. The van der Waals surface area contributed by atoms with Crippen molar-refractivity contribution in [1.29, 1.82) is 0 Å². The zero-order valence-electron chi connectivity index (χ0n) is 13.1. The van der Waals surface area contributed by atoms with Gasteiger partial charge in [-0.1, -0.05) is 43.1 Å². The van der Waals surface area contributed by atoms with Crippen LogP contribution in [0.1, 0.15) is 13.8 Å². The third-order valence-corrected chi connectivity index (χ3v) is 3.90. The zero-order valence-corrected chi connectivity index (χ0v) is 14.6. The maximum atomic E-state index is 10.7. The first-order chi connectivity index (χ1) is 11.6. The lowest BCUT2D eigenvalue weighted by Crippen LogP contribution is -2.13. The fourth-order valence-electron chi connectivity index (χ4n) is 2.13. The summed E-state index contributed by atoms with van der Waals surface area (Å²) < 4.78 is 0. The number of aromatic amines is 1. The number of carbonyl (C=O) groups is 1. The summed E-state index contributed by atoms with van der Waals surface area (Å²) in [5.41, 5.74) is 2.16. The molecule has 3 rings (SSSR count). The Kier molecular flexibility index (Phi) is 6.00. The lowest BCUT2D eigenvalue weighted by molar-refractivity contribution is -0.134. The van der Waals surface area contributed by atoms with Crippen molar-refractivity contribution in [2.75, 3.05) is 11.9 Å². The summed E-state index contributed by atoms with van der Waals surface area (Å²) in [4.78, 5) is 15.1. The summed E-state index contributed by atoms with van der Waals surface area (Å²) >= 11 is 12.3. The molecule has 0 radical (unpaired) electrons. The smallest absolute Gasteiger partial charge is 0.322 e. The number of nitrogens with zero attached hydrogens (tertiary/aromatic N) is 2. The van der Waals surface area contributed by atoms with Crippen LogP contribution in [0.4, 0.5) is 5.82 Å². The lowest BCUT2D eigenvalue weighted by atomic mass is 10.0. The minimum atomic E-state index is -0.982. The number of benzene rings is 1. The number of aliphatic carboxylic acids is 1. The number of fused-ring (bicyclic) bond motifs is 1. The van der Waals surface area contributed by atoms with Crippen molar-refractivity contribution in [1.82, 2.24) is 15.2 Å². The highest BCUT2D eigenvalue weighted by atomic mass is 35.5. The van der Waals surface area contributed by atoms with E-state index in [9.17, 15) is 4.79 Å². The number of carboxylic acid groups (broad SMARTS) is 1. The SMILES string of the molecule is CC.O=C(O)CNc1cc(-c2cn[nH]c2)c2ccc(Cl)c(Cl)c2n1. The van der Waals surface area contributed by atoms with Gasteiger partial charge in [-0.3, -0.25) is 9.89 Å². The summed E-state index contributed by atoms with van der Waals surface area (Å²) in [6.07, 6.45) is 3.40. The first-order valence-corrected chi connectivity index (χ1v) is 8.05. The second kappa shape index (κ2) is 7.99. The normalized spacial score (nSPS) is 10.2. The Balaban J connectivity index is 0.00000100. The number of hydrogen-bond donors (Lipinski definition) is 3. The van der Waals surface area contributed by atoms with Gasteiger partial charge in [0.2, 0.25) is 0 Å². The van der Waals surface area contributed by atoms with Crippen molar-refractivity contribution in [3.8, 4) is 11.1 Å². The molecule has 24 heavy (non-hydrogen) atoms. The van der Waals surface area contributed by atoms with Crippen LogP contribution in [0.5, 0.6) is 0 Å². The van der Waals surface area contributed by atoms with Gasteiger partial charge in [-0.05, 0) is 17.7 Å². The number of carboxylic acids is 1. The topological polar surface area (TPSA) is 90.9 Å². The van der Waals surface area contributed by atoms with Crippen molar-refractivity contribution in [2.24, 2.45) is 0 Å². The van der Waals surface area contributed by atoms with Crippen LogP contribution in [0.2, 0.25) is 10.0 Å². The first kappa shape index (κ1) is 18.0. The summed E-state index contributed by atoms with van der Waals surface area (Å²) in [6.45, 7) is 3.75. The van der Waals surface area contributed by atoms with Crippen LogP contribution in [-0.4, -0.2) is 32.8 Å². The highest BCUT2D eigenvalue weighted by molar-refractivity contribution is 6.45. The van der Waals surface area contributed by atoms with E-state index < -0.39 is 5.97 Å². The third-order valence-electron chi connectivity index (χ3n) is 3.10. The van der Waals surface area contributed by atoms with Crippen LogP contribution in [0, 0.1) is 0 Å². The highest BCUT2D eigenvalue weighted by Crippen LogP contribution is 2.36. The Hall–Kier alpha value is -2.31. The summed E-state index contributed by atoms with van der Waals surface area (Å²) in [5.74, 6) is -0.584. The average molecular weight is 367 g/mol. The Bertz CT molecular complexity index is 851. The van der Waals surface area contributed by atoms with E-state index in [0.717, 1.165) is 16.5 Å². The number of H-pyrrole nitrogens is 1. The second-order valence-electron chi connectivity index (χ2n) is 4.55. The number of halogens is 2. The van der Waals surface area contributed by atoms with Gasteiger partial charge in [-0.2, -0.15) is 5.10 Å². The molecule has 0 fully saturated rings. The minimum absolute atomic E-state index is 0.248. The quantitative estimate of drug-likeness (QED) is 0.634. The number of rotatable bonds is 4. The molecule has 2 aromatic heterocycles. The molecule has 6 nitrogen and oxygen atoms in total. The Labute approximate surface area is 148 Å². The number of pyridine rings is 1. The van der Waals surface area contributed by atoms with Gasteiger partial charge in [0.15, 0.2) is 0 Å². The van der Waals surface area contributed by atoms with Crippen LogP contribution in [0.15, 0.2) is 30.6 Å². The number of anilines is 1. The van der Waals surface area contributed by atoms with Crippen LogP contribution >= 0.6 is 23.2 Å². The molecule has 0 saturated carbocycles. The number of aromatic nitrogens is 3. The van der Waals surface area contributed by atoms with Gasteiger partial charge in [-0.25, -0.2) is 4.98 Å². The van der Waals surface area contributed by atoms with E-state index in [4.69, 9.17) is 28.3 Å². The Morgan fingerprint density at radius 1 is 1.33 bits per heavy atom. The minimum Gasteiger partial charge on any atom is -0.480 e. The van der Waals surface area contributed by atoms with Crippen molar-refractivity contribution < 1.29 is 9.90 Å². The molecular weight excluding hydrogens is 351 g/mol. The van der Waals surface area contributed by atoms with E-state index in [1.54, 1.807) is 24.5 Å². The van der Waals surface area contributed by atoms with Crippen LogP contribution in [0.3, 0.4) is 0 Å². The molecule has 2 heterocycles. The van der Waals surface area contributed by atoms with Crippen molar-refractivity contribution in [3.05, 3.63) is 40.6 Å². The molecule has 1 aromatic carbocycles. The van der Waals surface area contributed by atoms with Crippen LogP contribution in [0.25, 0.3) is 22.0 Å². The Morgan fingerprint density at radius 3 is 2.71 bits per heavy atom. The average Bonchev–Trinajstić information content (AvgIpc) is 3.12. The largest absolute Gasteiger partial charge is 0.480 e.